The number of fused-ring (bicyclic) bond motifs is 3. The van der Waals surface area contributed by atoms with Gasteiger partial charge in [-0.3, -0.25) is 19.8 Å². The van der Waals surface area contributed by atoms with Gasteiger partial charge in [0.2, 0.25) is 0 Å². The van der Waals surface area contributed by atoms with Gasteiger partial charge in [-0.25, -0.2) is 0 Å². The number of aliphatic carboxylic acids is 1. The SMILES string of the molecule is CCOC(=O)[C@@H](CCc1ccccc1)N[C@@H](C)N1C2CCC(CC2)[C@H]1C(=O)O. The lowest BCUT2D eigenvalue weighted by molar-refractivity contribution is -0.157. The van der Waals surface area contributed by atoms with Crippen LogP contribution in [-0.2, 0) is 20.7 Å². The molecule has 2 bridgehead atoms. The van der Waals surface area contributed by atoms with E-state index in [0.29, 0.717) is 13.0 Å². The fraction of sp³-hybridized carbons (Fsp3) is 0.636. The van der Waals surface area contributed by atoms with Crippen molar-refractivity contribution in [3.05, 3.63) is 35.9 Å². The monoisotopic (exact) mass is 388 g/mol. The average molecular weight is 389 g/mol. The van der Waals surface area contributed by atoms with Crippen LogP contribution in [0.3, 0.4) is 0 Å². The number of aryl methyl sites for hydroxylation is 1. The zero-order valence-corrected chi connectivity index (χ0v) is 16.8. The van der Waals surface area contributed by atoms with Gasteiger partial charge in [0.25, 0.3) is 0 Å². The number of piperidine rings is 2. The molecule has 2 saturated heterocycles. The van der Waals surface area contributed by atoms with Crippen molar-refractivity contribution in [1.82, 2.24) is 10.2 Å². The molecule has 2 aliphatic heterocycles. The van der Waals surface area contributed by atoms with Gasteiger partial charge < -0.3 is 9.84 Å². The molecular weight excluding hydrogens is 356 g/mol. The molecule has 3 aliphatic rings. The average Bonchev–Trinajstić information content (AvgIpc) is 2.71. The van der Waals surface area contributed by atoms with E-state index in [1.807, 2.05) is 25.1 Å². The molecular formula is C22H32N2O4. The van der Waals surface area contributed by atoms with E-state index in [9.17, 15) is 14.7 Å². The molecule has 0 spiro atoms. The second-order valence-electron chi connectivity index (χ2n) is 7.97. The van der Waals surface area contributed by atoms with Crippen molar-refractivity contribution in [2.45, 2.75) is 76.7 Å². The summed E-state index contributed by atoms with van der Waals surface area (Å²) >= 11 is 0. The Kier molecular flexibility index (Phi) is 7.08. The molecule has 2 heterocycles. The van der Waals surface area contributed by atoms with Gasteiger partial charge in [0.05, 0.1) is 12.8 Å². The minimum Gasteiger partial charge on any atom is -0.480 e. The van der Waals surface area contributed by atoms with E-state index >= 15 is 0 Å². The lowest BCUT2D eigenvalue weighted by Gasteiger charge is -2.52. The van der Waals surface area contributed by atoms with Gasteiger partial charge in [0.15, 0.2) is 0 Å². The Morgan fingerprint density at radius 1 is 1.21 bits per heavy atom. The van der Waals surface area contributed by atoms with Crippen LogP contribution >= 0.6 is 0 Å². The van der Waals surface area contributed by atoms with Gasteiger partial charge in [-0.1, -0.05) is 30.3 Å². The number of hydrogen-bond acceptors (Lipinski definition) is 5. The quantitative estimate of drug-likeness (QED) is 0.634. The number of rotatable bonds is 9. The molecule has 6 heteroatoms. The zero-order valence-electron chi connectivity index (χ0n) is 16.8. The number of hydrogen-bond donors (Lipinski definition) is 2. The number of carboxylic acid groups (broad SMARTS) is 1. The Hall–Kier alpha value is -1.92. The number of nitrogens with zero attached hydrogens (tertiary/aromatic N) is 1. The normalized spacial score (nSPS) is 26.6. The second-order valence-corrected chi connectivity index (χ2v) is 7.97. The van der Waals surface area contributed by atoms with Gasteiger partial charge in [-0.15, -0.1) is 0 Å². The summed E-state index contributed by atoms with van der Waals surface area (Å²) in [5, 5.41) is 13.2. The van der Waals surface area contributed by atoms with Crippen molar-refractivity contribution in [3.8, 4) is 0 Å². The molecule has 3 atom stereocenters. The first kappa shape index (κ1) is 20.8. The van der Waals surface area contributed by atoms with Crippen LogP contribution in [0.4, 0.5) is 0 Å². The summed E-state index contributed by atoms with van der Waals surface area (Å²) in [5.41, 5.74) is 1.17. The number of ether oxygens (including phenoxy) is 1. The summed E-state index contributed by atoms with van der Waals surface area (Å²) in [6.45, 7) is 4.12. The highest BCUT2D eigenvalue weighted by atomic mass is 16.5. The highest BCUT2D eigenvalue weighted by molar-refractivity contribution is 5.76. The largest absolute Gasteiger partial charge is 0.480 e. The van der Waals surface area contributed by atoms with Crippen LogP contribution in [0.1, 0.15) is 51.5 Å². The standard InChI is InChI=1S/C22H32N2O4/c1-3-28-22(27)19(14-9-16-7-5-4-6-8-16)23-15(2)24-18-12-10-17(11-13-18)20(24)21(25)26/h4-8,15,17-20,23H,3,9-14H2,1-2H3,(H,25,26)/t15-,17?,18?,19-,20+/m1/s1. The Bertz CT molecular complexity index is 658. The maximum absolute atomic E-state index is 12.5. The van der Waals surface area contributed by atoms with Crippen LogP contribution in [0.2, 0.25) is 0 Å². The third kappa shape index (κ3) is 4.73. The van der Waals surface area contributed by atoms with Gasteiger partial charge in [0, 0.05) is 6.04 Å². The molecule has 0 unspecified atom stereocenters. The van der Waals surface area contributed by atoms with Crippen LogP contribution < -0.4 is 5.32 Å². The predicted octanol–water partition coefficient (Wildman–Crippen LogP) is 2.81. The Morgan fingerprint density at radius 3 is 2.50 bits per heavy atom. The topological polar surface area (TPSA) is 78.9 Å². The fourth-order valence-corrected chi connectivity index (χ4v) is 4.92. The van der Waals surface area contributed by atoms with Crippen LogP contribution in [0, 0.1) is 5.92 Å². The maximum atomic E-state index is 12.5. The molecule has 1 aliphatic carbocycles. The van der Waals surface area contributed by atoms with E-state index in [4.69, 9.17) is 4.74 Å². The molecule has 28 heavy (non-hydrogen) atoms. The van der Waals surface area contributed by atoms with Gasteiger partial charge in [-0.05, 0) is 63.9 Å². The van der Waals surface area contributed by atoms with Crippen molar-refractivity contribution >= 4 is 11.9 Å². The van der Waals surface area contributed by atoms with Gasteiger partial charge >= 0.3 is 11.9 Å². The lowest BCUT2D eigenvalue weighted by Crippen LogP contribution is -2.65. The Balaban J connectivity index is 1.69. The Morgan fingerprint density at radius 2 is 1.89 bits per heavy atom. The number of carboxylic acids is 1. The molecule has 1 saturated carbocycles. The smallest absolute Gasteiger partial charge is 0.323 e. The zero-order chi connectivity index (χ0) is 20.1. The van der Waals surface area contributed by atoms with Crippen LogP contribution in [0.15, 0.2) is 30.3 Å². The molecule has 0 amide bonds. The minimum atomic E-state index is -0.750. The maximum Gasteiger partial charge on any atom is 0.323 e. The summed E-state index contributed by atoms with van der Waals surface area (Å²) < 4.78 is 5.28. The van der Waals surface area contributed by atoms with Crippen LogP contribution in [0.5, 0.6) is 0 Å². The van der Waals surface area contributed by atoms with Crippen molar-refractivity contribution in [2.24, 2.45) is 5.92 Å². The number of esters is 1. The highest BCUT2D eigenvalue weighted by Gasteiger charge is 2.47. The van der Waals surface area contributed by atoms with E-state index in [2.05, 4.69) is 22.3 Å². The lowest BCUT2D eigenvalue weighted by atomic mass is 9.74. The van der Waals surface area contributed by atoms with Gasteiger partial charge in [-0.2, -0.15) is 0 Å². The molecule has 1 aromatic carbocycles. The number of carbonyl (C=O) groups excluding carboxylic acids is 1. The van der Waals surface area contributed by atoms with E-state index in [-0.39, 0.29) is 24.1 Å². The van der Waals surface area contributed by atoms with Gasteiger partial charge in [0.1, 0.15) is 12.1 Å². The molecule has 0 radical (unpaired) electrons. The number of carbonyl (C=O) groups is 2. The minimum absolute atomic E-state index is 0.195. The predicted molar refractivity (Wildman–Crippen MR) is 107 cm³/mol. The molecule has 2 N–H and O–H groups in total. The molecule has 4 rings (SSSR count). The number of nitrogens with one attached hydrogen (secondary N) is 1. The summed E-state index contributed by atoms with van der Waals surface area (Å²) in [4.78, 5) is 26.6. The van der Waals surface area contributed by atoms with Crippen LogP contribution in [0.25, 0.3) is 0 Å². The summed E-state index contributed by atoms with van der Waals surface area (Å²) in [6, 6.07) is 9.41. The molecule has 3 fully saturated rings. The summed E-state index contributed by atoms with van der Waals surface area (Å²) in [5.74, 6) is -0.809. The third-order valence-electron chi connectivity index (χ3n) is 6.21. The first-order valence-corrected chi connectivity index (χ1v) is 10.5. The number of benzene rings is 1. The van der Waals surface area contributed by atoms with Crippen molar-refractivity contribution in [2.75, 3.05) is 6.61 Å². The fourth-order valence-electron chi connectivity index (χ4n) is 4.92. The summed E-state index contributed by atoms with van der Waals surface area (Å²) in [7, 11) is 0. The van der Waals surface area contributed by atoms with E-state index in [1.165, 1.54) is 5.56 Å². The molecule has 0 aromatic heterocycles. The van der Waals surface area contributed by atoms with E-state index < -0.39 is 18.1 Å². The van der Waals surface area contributed by atoms with Crippen molar-refractivity contribution in [3.63, 3.8) is 0 Å². The van der Waals surface area contributed by atoms with Crippen LogP contribution in [-0.4, -0.2) is 52.8 Å². The van der Waals surface area contributed by atoms with E-state index in [1.54, 1.807) is 6.92 Å². The highest BCUT2D eigenvalue weighted by Crippen LogP contribution is 2.40. The van der Waals surface area contributed by atoms with Crippen molar-refractivity contribution in [1.29, 1.82) is 0 Å². The molecule has 6 nitrogen and oxygen atoms in total. The second kappa shape index (κ2) is 9.52. The molecule has 154 valence electrons. The first-order chi connectivity index (χ1) is 13.5. The summed E-state index contributed by atoms with van der Waals surface area (Å²) in [6.07, 6.45) is 5.23. The molecule has 1 aromatic rings. The Labute approximate surface area is 167 Å². The van der Waals surface area contributed by atoms with Crippen molar-refractivity contribution < 1.29 is 19.4 Å². The third-order valence-corrected chi connectivity index (χ3v) is 6.21. The first-order valence-electron chi connectivity index (χ1n) is 10.5. The van der Waals surface area contributed by atoms with E-state index in [0.717, 1.165) is 32.1 Å².